The van der Waals surface area contributed by atoms with Crippen molar-refractivity contribution < 1.29 is 13.2 Å². The maximum absolute atomic E-state index is 13.3. The van der Waals surface area contributed by atoms with Gasteiger partial charge in [-0.2, -0.15) is 13.2 Å². The van der Waals surface area contributed by atoms with Gasteiger partial charge in [0.1, 0.15) is 0 Å². The third-order valence-electron chi connectivity index (χ3n) is 3.24. The van der Waals surface area contributed by atoms with Gasteiger partial charge < -0.3 is 4.90 Å². The standard InChI is InChI=1S/C17H13F3INS/c1-22(2)16-11-12(9-10-23-21)7-8-14(16)13-5-3-4-6-15(13)17(18,19)20/h3-8,11H,1-2H3. The quantitative estimate of drug-likeness (QED) is 0.421. The molecule has 0 N–H and O–H groups in total. The second-order valence-corrected chi connectivity index (χ2v) is 6.65. The SMILES string of the molecule is CN(C)c1cc(C#CSI)ccc1-c1ccccc1C(F)(F)F. The lowest BCUT2D eigenvalue weighted by atomic mass is 9.96. The summed E-state index contributed by atoms with van der Waals surface area (Å²) >= 11 is 2.07. The molecule has 1 nitrogen and oxygen atoms in total. The average molecular weight is 447 g/mol. The zero-order valence-corrected chi connectivity index (χ0v) is 15.4. The van der Waals surface area contributed by atoms with Gasteiger partial charge in [0.05, 0.1) is 5.56 Å². The third-order valence-corrected chi connectivity index (χ3v) is 4.08. The van der Waals surface area contributed by atoms with Crippen LogP contribution in [0.5, 0.6) is 0 Å². The fourth-order valence-corrected chi connectivity index (χ4v) is 2.74. The first-order chi connectivity index (χ1) is 10.8. The molecule has 0 aliphatic rings. The van der Waals surface area contributed by atoms with E-state index in [1.54, 1.807) is 37.2 Å². The summed E-state index contributed by atoms with van der Waals surface area (Å²) in [5.74, 6) is 2.97. The molecule has 120 valence electrons. The molecule has 0 heterocycles. The van der Waals surface area contributed by atoms with Gasteiger partial charge in [-0.1, -0.05) is 30.2 Å². The van der Waals surface area contributed by atoms with Crippen LogP contribution in [0, 0.1) is 11.2 Å². The van der Waals surface area contributed by atoms with E-state index >= 15 is 0 Å². The van der Waals surface area contributed by atoms with Crippen LogP contribution < -0.4 is 4.90 Å². The minimum atomic E-state index is -4.39. The lowest BCUT2D eigenvalue weighted by Gasteiger charge is -2.20. The van der Waals surface area contributed by atoms with Crippen LogP contribution in [0.15, 0.2) is 42.5 Å². The van der Waals surface area contributed by atoms with Gasteiger partial charge in [0.15, 0.2) is 0 Å². The largest absolute Gasteiger partial charge is 0.417 e. The van der Waals surface area contributed by atoms with Gasteiger partial charge in [-0.05, 0) is 37.9 Å². The molecule has 23 heavy (non-hydrogen) atoms. The summed E-state index contributed by atoms with van der Waals surface area (Å²) in [7, 11) is 4.97. The van der Waals surface area contributed by atoms with E-state index in [1.807, 2.05) is 6.07 Å². The average Bonchev–Trinajstić information content (AvgIpc) is 2.51. The first-order valence-electron chi connectivity index (χ1n) is 6.61. The highest BCUT2D eigenvalue weighted by atomic mass is 127. The Hall–Kier alpha value is -1.33. The van der Waals surface area contributed by atoms with E-state index < -0.39 is 11.7 Å². The van der Waals surface area contributed by atoms with E-state index in [1.165, 1.54) is 21.1 Å². The van der Waals surface area contributed by atoms with E-state index in [0.717, 1.165) is 11.6 Å². The number of rotatable bonds is 2. The first kappa shape index (κ1) is 18.0. The first-order valence-corrected chi connectivity index (χ1v) is 9.97. The molecule has 0 amide bonds. The van der Waals surface area contributed by atoms with Crippen LogP contribution in [0.1, 0.15) is 11.1 Å². The van der Waals surface area contributed by atoms with Crippen LogP contribution in [0.25, 0.3) is 11.1 Å². The molecule has 0 saturated heterocycles. The Morgan fingerprint density at radius 1 is 1.04 bits per heavy atom. The van der Waals surface area contributed by atoms with Crippen LogP contribution in [-0.4, -0.2) is 14.1 Å². The lowest BCUT2D eigenvalue weighted by molar-refractivity contribution is -0.137. The molecule has 0 atom stereocenters. The van der Waals surface area contributed by atoms with E-state index in [-0.39, 0.29) is 5.56 Å². The highest BCUT2D eigenvalue weighted by Gasteiger charge is 2.33. The van der Waals surface area contributed by atoms with Gasteiger partial charge in [-0.15, -0.1) is 0 Å². The monoisotopic (exact) mass is 447 g/mol. The highest BCUT2D eigenvalue weighted by molar-refractivity contribution is 14.2. The summed E-state index contributed by atoms with van der Waals surface area (Å²) in [6, 6.07) is 10.9. The predicted molar refractivity (Wildman–Crippen MR) is 99.7 cm³/mol. The molecule has 0 saturated carbocycles. The van der Waals surface area contributed by atoms with Crippen LogP contribution in [0.4, 0.5) is 18.9 Å². The number of alkyl halides is 3. The summed E-state index contributed by atoms with van der Waals surface area (Å²) in [5.41, 5.74) is 1.55. The van der Waals surface area contributed by atoms with Crippen molar-refractivity contribution in [2.45, 2.75) is 6.18 Å². The lowest BCUT2D eigenvalue weighted by Crippen LogP contribution is -2.12. The van der Waals surface area contributed by atoms with E-state index in [4.69, 9.17) is 0 Å². The maximum Gasteiger partial charge on any atom is 0.417 e. The second kappa shape index (κ2) is 7.49. The van der Waals surface area contributed by atoms with Crippen molar-refractivity contribution in [3.63, 3.8) is 0 Å². The molecule has 2 aromatic rings. The summed E-state index contributed by atoms with van der Waals surface area (Å²) in [5, 5.41) is 2.88. The molecule has 0 aromatic heterocycles. The van der Waals surface area contributed by atoms with Crippen molar-refractivity contribution in [2.24, 2.45) is 0 Å². The zero-order valence-electron chi connectivity index (χ0n) is 12.4. The zero-order chi connectivity index (χ0) is 17.0. The van der Waals surface area contributed by atoms with Crippen LogP contribution in [0.3, 0.4) is 0 Å². The van der Waals surface area contributed by atoms with Crippen LogP contribution >= 0.6 is 30.1 Å². The van der Waals surface area contributed by atoms with Crippen LogP contribution in [0.2, 0.25) is 0 Å². The van der Waals surface area contributed by atoms with Crippen LogP contribution in [-0.2, 0) is 6.18 Å². The molecule has 2 aromatic carbocycles. The van der Waals surface area contributed by atoms with Gasteiger partial charge in [-0.25, -0.2) is 0 Å². The minimum absolute atomic E-state index is 0.173. The number of hydrogen-bond donors (Lipinski definition) is 0. The summed E-state index contributed by atoms with van der Waals surface area (Å²) in [6.07, 6.45) is -4.39. The van der Waals surface area contributed by atoms with Gasteiger partial charge in [0.25, 0.3) is 0 Å². The van der Waals surface area contributed by atoms with E-state index in [9.17, 15) is 13.2 Å². The van der Waals surface area contributed by atoms with Crippen molar-refractivity contribution in [3.8, 4) is 22.3 Å². The number of hydrogen-bond acceptors (Lipinski definition) is 2. The maximum atomic E-state index is 13.3. The fourth-order valence-electron chi connectivity index (χ4n) is 2.25. The normalized spacial score (nSPS) is 10.9. The Bertz CT molecular complexity index is 760. The molecule has 0 fully saturated rings. The summed E-state index contributed by atoms with van der Waals surface area (Å²) < 4.78 is 39.8. The van der Waals surface area contributed by atoms with Crippen molar-refractivity contribution >= 4 is 35.8 Å². The summed E-state index contributed by atoms with van der Waals surface area (Å²) in [6.45, 7) is 0. The smallest absolute Gasteiger partial charge is 0.377 e. The number of anilines is 1. The van der Waals surface area contributed by atoms with E-state index in [0.29, 0.717) is 11.3 Å². The third kappa shape index (κ3) is 4.36. The molecule has 0 spiro atoms. The number of halogens is 4. The van der Waals surface area contributed by atoms with Gasteiger partial charge in [0, 0.05) is 52.1 Å². The van der Waals surface area contributed by atoms with Crippen molar-refractivity contribution in [2.75, 3.05) is 19.0 Å². The highest BCUT2D eigenvalue weighted by Crippen LogP contribution is 2.40. The molecule has 0 unspecified atom stereocenters. The van der Waals surface area contributed by atoms with E-state index in [2.05, 4.69) is 32.4 Å². The number of benzene rings is 2. The van der Waals surface area contributed by atoms with Gasteiger partial charge in [0.2, 0.25) is 0 Å². The molecule has 2 rings (SSSR count). The Morgan fingerprint density at radius 3 is 2.35 bits per heavy atom. The Balaban J connectivity index is 2.65. The predicted octanol–water partition coefficient (Wildman–Crippen LogP) is 5.83. The Morgan fingerprint density at radius 2 is 1.74 bits per heavy atom. The molecule has 0 radical (unpaired) electrons. The van der Waals surface area contributed by atoms with Gasteiger partial charge in [-0.3, -0.25) is 0 Å². The molecular weight excluding hydrogens is 434 g/mol. The molecular formula is C17H13F3INS. The fraction of sp³-hybridized carbons (Fsp3) is 0.176. The molecule has 0 aliphatic carbocycles. The Labute approximate surface area is 149 Å². The number of nitrogens with zero attached hydrogens (tertiary/aromatic N) is 1. The molecule has 0 aliphatic heterocycles. The Kier molecular flexibility index (Phi) is 5.87. The second-order valence-electron chi connectivity index (χ2n) is 4.97. The van der Waals surface area contributed by atoms with Gasteiger partial charge >= 0.3 is 6.18 Å². The topological polar surface area (TPSA) is 3.24 Å². The molecule has 0 bridgehead atoms. The van der Waals surface area contributed by atoms with Crippen molar-refractivity contribution in [1.82, 2.24) is 0 Å². The van der Waals surface area contributed by atoms with Crippen molar-refractivity contribution in [1.29, 1.82) is 0 Å². The van der Waals surface area contributed by atoms with Crippen molar-refractivity contribution in [3.05, 3.63) is 53.6 Å². The minimum Gasteiger partial charge on any atom is -0.377 e. The molecule has 6 heteroatoms. The summed E-state index contributed by atoms with van der Waals surface area (Å²) in [4.78, 5) is 1.80.